The summed E-state index contributed by atoms with van der Waals surface area (Å²) in [7, 11) is 2.17. The molecule has 2 N–H and O–H groups in total. The van der Waals surface area contributed by atoms with Crippen LogP contribution in [-0.2, 0) is 0 Å². The van der Waals surface area contributed by atoms with E-state index in [4.69, 9.17) is 10.5 Å². The van der Waals surface area contributed by atoms with E-state index in [1.807, 2.05) is 12.1 Å². The Morgan fingerprint density at radius 3 is 2.53 bits per heavy atom. The van der Waals surface area contributed by atoms with Crippen LogP contribution in [0.5, 0.6) is 5.75 Å². The molecule has 1 saturated heterocycles. The van der Waals surface area contributed by atoms with Crippen molar-refractivity contribution in [3.63, 3.8) is 0 Å². The summed E-state index contributed by atoms with van der Waals surface area (Å²) in [6.45, 7) is 2.21. The number of nitrogens with two attached hydrogens (primary N) is 1. The summed E-state index contributed by atoms with van der Waals surface area (Å²) in [4.78, 5) is 2.36. The summed E-state index contributed by atoms with van der Waals surface area (Å²) in [6, 6.07) is 8.33. The maximum absolute atomic E-state index is 6.29. The van der Waals surface area contributed by atoms with Crippen LogP contribution < -0.4 is 10.5 Å². The number of fused-ring (bicyclic) bond motifs is 1. The molecule has 3 rings (SSSR count). The maximum Gasteiger partial charge on any atom is 0.124 e. The first-order valence-electron chi connectivity index (χ1n) is 6.41. The molecule has 1 atom stereocenters. The molecule has 1 unspecified atom stereocenters. The topological polar surface area (TPSA) is 38.5 Å². The van der Waals surface area contributed by atoms with Gasteiger partial charge in [-0.05, 0) is 26.0 Å². The Labute approximate surface area is 127 Å². The standard InChI is InChI=1S/C14H20N2O.2ClH/c1-16-8-6-14(7-9-16)10-12(15)11-4-2-3-5-13(11)17-14;;/h2-5,12H,6-10,15H2,1H3;2*1H. The van der Waals surface area contributed by atoms with Gasteiger partial charge in [0.2, 0.25) is 0 Å². The zero-order valence-electron chi connectivity index (χ0n) is 11.2. The predicted molar refractivity (Wildman–Crippen MR) is 82.6 cm³/mol. The third-order valence-corrected chi connectivity index (χ3v) is 4.14. The first kappa shape index (κ1) is 16.6. The molecule has 2 aliphatic heterocycles. The Kier molecular flexibility index (Phi) is 5.51. The molecule has 108 valence electrons. The van der Waals surface area contributed by atoms with Gasteiger partial charge in [-0.1, -0.05) is 18.2 Å². The zero-order chi connectivity index (χ0) is 11.9. The Morgan fingerprint density at radius 1 is 1.21 bits per heavy atom. The molecular formula is C14H22Cl2N2O. The van der Waals surface area contributed by atoms with Crippen molar-refractivity contribution in [1.82, 2.24) is 4.90 Å². The Hall–Kier alpha value is -0.480. The minimum Gasteiger partial charge on any atom is -0.487 e. The second-order valence-electron chi connectivity index (χ2n) is 5.44. The summed E-state index contributed by atoms with van der Waals surface area (Å²) < 4.78 is 6.27. The van der Waals surface area contributed by atoms with Crippen molar-refractivity contribution in [2.75, 3.05) is 20.1 Å². The third kappa shape index (κ3) is 3.16. The lowest BCUT2D eigenvalue weighted by Crippen LogP contribution is -2.50. The number of likely N-dealkylation sites (tertiary alicyclic amines) is 1. The number of nitrogens with zero attached hydrogens (tertiary/aromatic N) is 1. The average molecular weight is 305 g/mol. The number of benzene rings is 1. The summed E-state index contributed by atoms with van der Waals surface area (Å²) in [5, 5.41) is 0. The van der Waals surface area contributed by atoms with Gasteiger partial charge in [-0.25, -0.2) is 0 Å². The summed E-state index contributed by atoms with van der Waals surface area (Å²) in [5.74, 6) is 0.996. The van der Waals surface area contributed by atoms with Crippen molar-refractivity contribution in [3.05, 3.63) is 29.8 Å². The molecule has 0 saturated carbocycles. The highest BCUT2D eigenvalue weighted by Crippen LogP contribution is 2.42. The van der Waals surface area contributed by atoms with E-state index in [0.29, 0.717) is 0 Å². The van der Waals surface area contributed by atoms with Crippen molar-refractivity contribution in [2.45, 2.75) is 30.9 Å². The number of halogens is 2. The van der Waals surface area contributed by atoms with Gasteiger partial charge in [0.25, 0.3) is 0 Å². The second-order valence-corrected chi connectivity index (χ2v) is 5.44. The van der Waals surface area contributed by atoms with Crippen LogP contribution in [0.4, 0.5) is 0 Å². The maximum atomic E-state index is 6.29. The van der Waals surface area contributed by atoms with Gasteiger partial charge in [0.05, 0.1) is 0 Å². The zero-order valence-corrected chi connectivity index (χ0v) is 12.8. The SMILES string of the molecule is CN1CCC2(CC1)CC(N)c1ccccc1O2.Cl.Cl. The van der Waals surface area contributed by atoms with Crippen LogP contribution in [-0.4, -0.2) is 30.6 Å². The van der Waals surface area contributed by atoms with Gasteiger partial charge in [-0.15, -0.1) is 24.8 Å². The van der Waals surface area contributed by atoms with E-state index in [1.165, 1.54) is 0 Å². The molecule has 5 heteroatoms. The average Bonchev–Trinajstić information content (AvgIpc) is 2.34. The number of piperidine rings is 1. The molecule has 0 radical (unpaired) electrons. The predicted octanol–water partition coefficient (Wildman–Crippen LogP) is 2.78. The molecule has 2 heterocycles. The number of ether oxygens (including phenoxy) is 1. The van der Waals surface area contributed by atoms with Gasteiger partial charge in [0.15, 0.2) is 0 Å². The molecular weight excluding hydrogens is 283 g/mol. The number of hydrogen-bond donors (Lipinski definition) is 1. The van der Waals surface area contributed by atoms with Crippen molar-refractivity contribution in [2.24, 2.45) is 5.73 Å². The minimum absolute atomic E-state index is 0. The molecule has 19 heavy (non-hydrogen) atoms. The summed E-state index contributed by atoms with van der Waals surface area (Å²) in [6.07, 6.45) is 3.13. The molecule has 1 fully saturated rings. The van der Waals surface area contributed by atoms with Crippen LogP contribution in [0.15, 0.2) is 24.3 Å². The van der Waals surface area contributed by atoms with Crippen LogP contribution >= 0.6 is 24.8 Å². The van der Waals surface area contributed by atoms with E-state index < -0.39 is 0 Å². The highest BCUT2D eigenvalue weighted by molar-refractivity contribution is 5.85. The van der Waals surface area contributed by atoms with E-state index in [0.717, 1.165) is 43.7 Å². The van der Waals surface area contributed by atoms with Crippen molar-refractivity contribution in [3.8, 4) is 5.75 Å². The normalized spacial score (nSPS) is 24.6. The van der Waals surface area contributed by atoms with Crippen LogP contribution in [0, 0.1) is 0 Å². The molecule has 0 bridgehead atoms. The van der Waals surface area contributed by atoms with Crippen LogP contribution in [0.2, 0.25) is 0 Å². The molecule has 0 amide bonds. The quantitative estimate of drug-likeness (QED) is 0.801. The lowest BCUT2D eigenvalue weighted by molar-refractivity contribution is -0.0163. The molecule has 0 aromatic heterocycles. The van der Waals surface area contributed by atoms with Gasteiger partial charge in [0.1, 0.15) is 11.4 Å². The fourth-order valence-electron chi connectivity index (χ4n) is 3.00. The Morgan fingerprint density at radius 2 is 1.84 bits per heavy atom. The smallest absolute Gasteiger partial charge is 0.124 e. The molecule has 2 aliphatic rings. The van der Waals surface area contributed by atoms with E-state index in [-0.39, 0.29) is 36.5 Å². The summed E-state index contributed by atoms with van der Waals surface area (Å²) in [5.41, 5.74) is 7.44. The van der Waals surface area contributed by atoms with Gasteiger partial charge < -0.3 is 15.4 Å². The van der Waals surface area contributed by atoms with E-state index >= 15 is 0 Å². The summed E-state index contributed by atoms with van der Waals surface area (Å²) >= 11 is 0. The molecule has 3 nitrogen and oxygen atoms in total. The number of para-hydroxylation sites is 1. The first-order chi connectivity index (χ1) is 8.19. The highest BCUT2D eigenvalue weighted by atomic mass is 35.5. The van der Waals surface area contributed by atoms with E-state index in [1.54, 1.807) is 0 Å². The first-order valence-corrected chi connectivity index (χ1v) is 6.41. The highest BCUT2D eigenvalue weighted by Gasteiger charge is 2.41. The molecule has 1 spiro atoms. The van der Waals surface area contributed by atoms with Crippen molar-refractivity contribution >= 4 is 24.8 Å². The molecule has 1 aromatic carbocycles. The fraction of sp³-hybridized carbons (Fsp3) is 0.571. The van der Waals surface area contributed by atoms with Crippen molar-refractivity contribution < 1.29 is 4.74 Å². The number of hydrogen-bond acceptors (Lipinski definition) is 3. The lowest BCUT2D eigenvalue weighted by Gasteiger charge is -2.45. The second kappa shape index (κ2) is 6.31. The minimum atomic E-state index is -0.0136. The van der Waals surface area contributed by atoms with Crippen LogP contribution in [0.1, 0.15) is 30.9 Å². The van der Waals surface area contributed by atoms with Gasteiger partial charge in [-0.2, -0.15) is 0 Å². The third-order valence-electron chi connectivity index (χ3n) is 4.14. The van der Waals surface area contributed by atoms with Gasteiger partial charge in [0, 0.05) is 31.1 Å². The molecule has 1 aromatic rings. The van der Waals surface area contributed by atoms with Crippen molar-refractivity contribution in [1.29, 1.82) is 0 Å². The fourth-order valence-corrected chi connectivity index (χ4v) is 3.00. The molecule has 0 aliphatic carbocycles. The van der Waals surface area contributed by atoms with E-state index in [2.05, 4.69) is 24.1 Å². The Bertz CT molecular complexity index is 420. The largest absolute Gasteiger partial charge is 0.487 e. The lowest BCUT2D eigenvalue weighted by atomic mass is 9.81. The van der Waals surface area contributed by atoms with Crippen LogP contribution in [0.25, 0.3) is 0 Å². The van der Waals surface area contributed by atoms with Crippen LogP contribution in [0.3, 0.4) is 0 Å². The number of rotatable bonds is 0. The van der Waals surface area contributed by atoms with E-state index in [9.17, 15) is 0 Å². The monoisotopic (exact) mass is 304 g/mol. The Balaban J connectivity index is 0.000000902. The van der Waals surface area contributed by atoms with Gasteiger partial charge >= 0.3 is 0 Å². The van der Waals surface area contributed by atoms with Gasteiger partial charge in [-0.3, -0.25) is 0 Å².